The van der Waals surface area contributed by atoms with Crippen LogP contribution < -0.4 is 0 Å². The van der Waals surface area contributed by atoms with E-state index in [-0.39, 0.29) is 44.0 Å². The second-order valence-corrected chi connectivity index (χ2v) is 21.6. The SMILES string of the molecule is CC/C=C\C/C=C\C/C=C\C/C=C\C/C=C\C/C=C\CCCCCCC(=O)OC(COC(=O)CC/C=C\C/C=C\C/C=C\C/C=C\CC)COC(=O)CCCCCCCCCCCCCCCCCC/C=C\C/C=C\C/C=C\C/C=C\CC. The molecule has 0 aliphatic heterocycles. The molecule has 6 nitrogen and oxygen atoms in total. The lowest BCUT2D eigenvalue weighted by Crippen LogP contribution is -2.30. The van der Waals surface area contributed by atoms with Crippen molar-refractivity contribution in [2.45, 2.75) is 284 Å². The summed E-state index contributed by atoms with van der Waals surface area (Å²) in [5, 5.41) is 0. The van der Waals surface area contributed by atoms with Crippen molar-refractivity contribution < 1.29 is 28.6 Å². The molecule has 0 saturated heterocycles. The van der Waals surface area contributed by atoms with Crippen molar-refractivity contribution in [3.05, 3.63) is 170 Å². The molecular weight excluding hydrogens is 1020 g/mol. The minimum atomic E-state index is -0.830. The zero-order valence-corrected chi connectivity index (χ0v) is 53.4. The summed E-state index contributed by atoms with van der Waals surface area (Å²) in [5.41, 5.74) is 0. The predicted molar refractivity (Wildman–Crippen MR) is 361 cm³/mol. The van der Waals surface area contributed by atoms with E-state index in [1.54, 1.807) is 0 Å². The summed E-state index contributed by atoms with van der Waals surface area (Å²) in [6, 6.07) is 0. The molecule has 0 amide bonds. The molecule has 0 aromatic rings. The summed E-state index contributed by atoms with van der Waals surface area (Å²) in [6.45, 7) is 6.22. The Morgan fingerprint density at radius 2 is 0.458 bits per heavy atom. The highest BCUT2D eigenvalue weighted by molar-refractivity contribution is 5.71. The molecule has 83 heavy (non-hydrogen) atoms. The Kier molecular flexibility index (Phi) is 64.9. The molecule has 0 N–H and O–H groups in total. The van der Waals surface area contributed by atoms with Gasteiger partial charge >= 0.3 is 17.9 Å². The van der Waals surface area contributed by atoms with Crippen LogP contribution in [-0.4, -0.2) is 37.2 Å². The zero-order chi connectivity index (χ0) is 59.9. The number of esters is 3. The summed E-state index contributed by atoms with van der Waals surface area (Å²) in [4.78, 5) is 38.3. The van der Waals surface area contributed by atoms with E-state index in [4.69, 9.17) is 14.2 Å². The minimum Gasteiger partial charge on any atom is -0.462 e. The number of carbonyl (C=O) groups excluding carboxylic acids is 3. The van der Waals surface area contributed by atoms with Crippen LogP contribution in [0.2, 0.25) is 0 Å². The lowest BCUT2D eigenvalue weighted by Gasteiger charge is -2.18. The van der Waals surface area contributed by atoms with Crippen LogP contribution in [0.1, 0.15) is 278 Å². The van der Waals surface area contributed by atoms with E-state index in [1.807, 2.05) is 12.2 Å². The maximum atomic E-state index is 12.9. The van der Waals surface area contributed by atoms with Gasteiger partial charge < -0.3 is 14.2 Å². The quantitative estimate of drug-likeness (QED) is 0.0261. The largest absolute Gasteiger partial charge is 0.462 e. The molecule has 0 rings (SSSR count). The van der Waals surface area contributed by atoms with Gasteiger partial charge in [-0.05, 0) is 135 Å². The van der Waals surface area contributed by atoms with E-state index in [0.29, 0.717) is 12.8 Å². The highest BCUT2D eigenvalue weighted by Crippen LogP contribution is 2.16. The van der Waals surface area contributed by atoms with Crippen molar-refractivity contribution in [3.63, 3.8) is 0 Å². The Balaban J connectivity index is 4.37. The minimum absolute atomic E-state index is 0.117. The van der Waals surface area contributed by atoms with Gasteiger partial charge in [0.2, 0.25) is 0 Å². The predicted octanol–water partition coefficient (Wildman–Crippen LogP) is 23.4. The van der Waals surface area contributed by atoms with Gasteiger partial charge in [-0.2, -0.15) is 0 Å². The first-order valence-electron chi connectivity index (χ1n) is 33.6. The Hall–Kier alpha value is -5.23. The van der Waals surface area contributed by atoms with Crippen LogP contribution in [-0.2, 0) is 28.6 Å². The van der Waals surface area contributed by atoms with E-state index in [9.17, 15) is 14.4 Å². The number of rotatable bonds is 59. The lowest BCUT2D eigenvalue weighted by atomic mass is 10.0. The van der Waals surface area contributed by atoms with E-state index < -0.39 is 6.10 Å². The molecule has 0 heterocycles. The van der Waals surface area contributed by atoms with Crippen LogP contribution in [0.15, 0.2) is 170 Å². The molecular formula is C77H122O6. The molecule has 466 valence electrons. The molecule has 0 radical (unpaired) electrons. The van der Waals surface area contributed by atoms with Crippen molar-refractivity contribution in [2.75, 3.05) is 13.2 Å². The third-order valence-corrected chi connectivity index (χ3v) is 13.7. The number of ether oxygens (including phenoxy) is 3. The van der Waals surface area contributed by atoms with Gasteiger partial charge in [-0.3, -0.25) is 14.4 Å². The van der Waals surface area contributed by atoms with Crippen LogP contribution >= 0.6 is 0 Å². The summed E-state index contributed by atoms with van der Waals surface area (Å²) in [7, 11) is 0. The fourth-order valence-electron chi connectivity index (χ4n) is 8.80. The third-order valence-electron chi connectivity index (χ3n) is 13.7. The van der Waals surface area contributed by atoms with Crippen molar-refractivity contribution in [1.29, 1.82) is 0 Å². The maximum Gasteiger partial charge on any atom is 0.306 e. The molecule has 6 heteroatoms. The Morgan fingerprint density at radius 3 is 0.747 bits per heavy atom. The monoisotopic (exact) mass is 1140 g/mol. The second-order valence-electron chi connectivity index (χ2n) is 21.6. The van der Waals surface area contributed by atoms with Gasteiger partial charge in [-0.25, -0.2) is 0 Å². The standard InChI is InChI=1S/C77H122O6/c1-4-7-10-13-16-19-22-25-27-29-31-33-35-36-37-38-39-40-42-43-45-47-49-52-55-58-61-64-67-70-76(79)82-73-74(72-81-75(78)69-66-63-60-57-54-51-24-21-18-15-12-9-6-3)83-77(80)71-68-65-62-59-56-53-50-48-46-44-41-34-32-30-28-26-23-20-17-14-11-8-5-2/h7-12,16-21,25-28,31-34,44,46,50-51,53-54,60,63,74H,4-6,13-15,22-24,29-30,35-43,45,47-49,52,55-59,61-62,64-73H2,1-3H3/b10-7-,11-8-,12-9-,19-16-,20-17-,21-18-,27-25-,28-26-,33-31-,34-32-,46-44-,53-50-,54-51-,63-60-. The molecule has 1 atom stereocenters. The molecule has 0 saturated carbocycles. The molecule has 0 aromatic heterocycles. The first-order chi connectivity index (χ1) is 41.0. The smallest absolute Gasteiger partial charge is 0.306 e. The van der Waals surface area contributed by atoms with Crippen molar-refractivity contribution in [3.8, 4) is 0 Å². The zero-order valence-electron chi connectivity index (χ0n) is 53.4. The number of hydrogen-bond acceptors (Lipinski definition) is 6. The van der Waals surface area contributed by atoms with Crippen LogP contribution in [0.5, 0.6) is 0 Å². The van der Waals surface area contributed by atoms with Crippen molar-refractivity contribution >= 4 is 17.9 Å². The second kappa shape index (κ2) is 69.3. The molecule has 0 bridgehead atoms. The third kappa shape index (κ3) is 67.4. The molecule has 0 aromatic carbocycles. The lowest BCUT2D eigenvalue weighted by molar-refractivity contribution is -0.166. The van der Waals surface area contributed by atoms with E-state index >= 15 is 0 Å². The Morgan fingerprint density at radius 1 is 0.241 bits per heavy atom. The number of allylic oxidation sites excluding steroid dienone is 28. The molecule has 0 aliphatic carbocycles. The van der Waals surface area contributed by atoms with E-state index in [0.717, 1.165) is 141 Å². The number of hydrogen-bond donors (Lipinski definition) is 0. The molecule has 0 fully saturated rings. The van der Waals surface area contributed by atoms with E-state index in [1.165, 1.54) is 89.9 Å². The van der Waals surface area contributed by atoms with Gasteiger partial charge in [0.1, 0.15) is 13.2 Å². The summed E-state index contributed by atoms with van der Waals surface area (Å²) in [5.74, 6) is -1.03. The summed E-state index contributed by atoms with van der Waals surface area (Å²) >= 11 is 0. The Bertz CT molecular complexity index is 1890. The highest BCUT2D eigenvalue weighted by Gasteiger charge is 2.19. The van der Waals surface area contributed by atoms with E-state index in [2.05, 4.69) is 179 Å². The van der Waals surface area contributed by atoms with Gasteiger partial charge in [-0.1, -0.05) is 294 Å². The average Bonchev–Trinajstić information content (AvgIpc) is 3.49. The average molecular weight is 1140 g/mol. The molecule has 1 unspecified atom stereocenters. The fraction of sp³-hybridized carbons (Fsp3) is 0.597. The van der Waals surface area contributed by atoms with Crippen LogP contribution in [0, 0.1) is 0 Å². The van der Waals surface area contributed by atoms with Gasteiger partial charge in [-0.15, -0.1) is 0 Å². The van der Waals surface area contributed by atoms with Crippen LogP contribution in [0.3, 0.4) is 0 Å². The first-order valence-corrected chi connectivity index (χ1v) is 33.6. The van der Waals surface area contributed by atoms with Gasteiger partial charge in [0.25, 0.3) is 0 Å². The van der Waals surface area contributed by atoms with Crippen LogP contribution in [0.25, 0.3) is 0 Å². The number of carbonyl (C=O) groups is 3. The normalized spacial score (nSPS) is 13.2. The molecule has 0 spiro atoms. The highest BCUT2D eigenvalue weighted by atomic mass is 16.6. The number of unbranched alkanes of at least 4 members (excludes halogenated alkanes) is 20. The van der Waals surface area contributed by atoms with Gasteiger partial charge in [0.05, 0.1) is 0 Å². The maximum absolute atomic E-state index is 12.9. The van der Waals surface area contributed by atoms with Crippen LogP contribution in [0.4, 0.5) is 0 Å². The Labute approximate surface area is 511 Å². The topological polar surface area (TPSA) is 78.9 Å². The van der Waals surface area contributed by atoms with Gasteiger partial charge in [0.15, 0.2) is 6.10 Å². The van der Waals surface area contributed by atoms with Crippen molar-refractivity contribution in [1.82, 2.24) is 0 Å². The first kappa shape index (κ1) is 77.8. The summed E-state index contributed by atoms with van der Waals surface area (Å²) < 4.78 is 16.8. The van der Waals surface area contributed by atoms with Crippen molar-refractivity contribution in [2.24, 2.45) is 0 Å². The summed E-state index contributed by atoms with van der Waals surface area (Å²) in [6.07, 6.45) is 102. The fourth-order valence-corrected chi connectivity index (χ4v) is 8.80. The van der Waals surface area contributed by atoms with Gasteiger partial charge in [0, 0.05) is 19.3 Å². The molecule has 0 aliphatic rings.